The number of alkyl halides is 2. The fourth-order valence-electron chi connectivity index (χ4n) is 1.12. The lowest BCUT2D eigenvalue weighted by Gasteiger charge is -2.33. The predicted octanol–water partition coefficient (Wildman–Crippen LogP) is 1.38. The molecule has 1 aliphatic rings. The molecule has 68 valence electrons. The summed E-state index contributed by atoms with van der Waals surface area (Å²) in [6.45, 7) is -2.04. The number of ether oxygens (including phenoxy) is 1. The van der Waals surface area contributed by atoms with Crippen LogP contribution in [0.5, 0.6) is 0 Å². The average molecular weight is 188 g/mol. The minimum Gasteiger partial charge on any atom is -0.330 e. The van der Waals surface area contributed by atoms with E-state index >= 15 is 0 Å². The highest BCUT2D eigenvalue weighted by Crippen LogP contribution is 2.30. The number of hydrogen-bond donors (Lipinski definition) is 1. The van der Waals surface area contributed by atoms with Crippen LogP contribution in [0.1, 0.15) is 12.8 Å². The minimum atomic E-state index is -2.62. The summed E-state index contributed by atoms with van der Waals surface area (Å²) in [7, 11) is 0. The van der Waals surface area contributed by atoms with E-state index in [0.29, 0.717) is 25.3 Å². The minimum absolute atomic E-state index is 0. The molecular formula is C6H12ClF2NO. The molecule has 0 amide bonds. The monoisotopic (exact) mass is 187 g/mol. The molecule has 5 heteroatoms. The molecule has 0 radical (unpaired) electrons. The van der Waals surface area contributed by atoms with Gasteiger partial charge >= 0.3 is 6.61 Å². The van der Waals surface area contributed by atoms with E-state index < -0.39 is 6.61 Å². The first-order valence-electron chi connectivity index (χ1n) is 3.36. The Hall–Kier alpha value is 0.0700. The molecule has 2 nitrogen and oxygen atoms in total. The molecule has 2 N–H and O–H groups in total. The van der Waals surface area contributed by atoms with Crippen molar-refractivity contribution in [2.45, 2.75) is 25.6 Å². The Morgan fingerprint density at radius 2 is 2.00 bits per heavy atom. The molecule has 11 heavy (non-hydrogen) atoms. The number of halogens is 3. The highest BCUT2D eigenvalue weighted by Gasteiger charge is 2.30. The maximum absolute atomic E-state index is 11.5. The van der Waals surface area contributed by atoms with Gasteiger partial charge in [-0.1, -0.05) is 0 Å². The van der Waals surface area contributed by atoms with Gasteiger partial charge in [0.15, 0.2) is 0 Å². The highest BCUT2D eigenvalue weighted by molar-refractivity contribution is 5.85. The van der Waals surface area contributed by atoms with Gasteiger partial charge in [-0.15, -0.1) is 12.4 Å². The van der Waals surface area contributed by atoms with Gasteiger partial charge in [0.25, 0.3) is 0 Å². The topological polar surface area (TPSA) is 35.2 Å². The van der Waals surface area contributed by atoms with E-state index in [9.17, 15) is 8.78 Å². The van der Waals surface area contributed by atoms with E-state index in [0.717, 1.165) is 0 Å². The second kappa shape index (κ2) is 4.85. The quantitative estimate of drug-likeness (QED) is 0.725. The lowest BCUT2D eigenvalue weighted by Crippen LogP contribution is -2.36. The van der Waals surface area contributed by atoms with Crippen molar-refractivity contribution >= 4 is 12.4 Å². The van der Waals surface area contributed by atoms with Crippen molar-refractivity contribution in [1.82, 2.24) is 0 Å². The van der Waals surface area contributed by atoms with Crippen LogP contribution in [0.3, 0.4) is 0 Å². The molecule has 0 unspecified atom stereocenters. The van der Waals surface area contributed by atoms with E-state index in [1.807, 2.05) is 0 Å². The number of rotatable bonds is 3. The Balaban J connectivity index is 0.000001000. The summed E-state index contributed by atoms with van der Waals surface area (Å²) in [5, 5.41) is 0. The third kappa shape index (κ3) is 3.31. The average Bonchev–Trinajstić information content (AvgIpc) is 1.76. The van der Waals surface area contributed by atoms with Crippen molar-refractivity contribution in [3.63, 3.8) is 0 Å². The van der Waals surface area contributed by atoms with Gasteiger partial charge in [0.2, 0.25) is 0 Å². The van der Waals surface area contributed by atoms with Gasteiger partial charge in [0, 0.05) is 0 Å². The lowest BCUT2D eigenvalue weighted by molar-refractivity contribution is -0.190. The predicted molar refractivity (Wildman–Crippen MR) is 39.9 cm³/mol. The first kappa shape index (κ1) is 11.1. The van der Waals surface area contributed by atoms with E-state index in [1.54, 1.807) is 0 Å². The Morgan fingerprint density at radius 3 is 2.36 bits per heavy atom. The first-order chi connectivity index (χ1) is 4.72. The van der Waals surface area contributed by atoms with Crippen molar-refractivity contribution in [2.24, 2.45) is 11.7 Å². The van der Waals surface area contributed by atoms with E-state index in [-0.39, 0.29) is 18.5 Å². The molecule has 0 bridgehead atoms. The van der Waals surface area contributed by atoms with Crippen LogP contribution in [0, 0.1) is 5.92 Å². The smallest absolute Gasteiger partial charge is 0.330 e. The third-order valence-electron chi connectivity index (χ3n) is 1.82. The van der Waals surface area contributed by atoms with Crippen LogP contribution < -0.4 is 5.73 Å². The molecule has 1 aliphatic carbocycles. The van der Waals surface area contributed by atoms with Gasteiger partial charge in [-0.05, 0) is 25.3 Å². The molecular weight excluding hydrogens is 176 g/mol. The van der Waals surface area contributed by atoms with Crippen LogP contribution in [0.4, 0.5) is 8.78 Å². The highest BCUT2D eigenvalue weighted by atomic mass is 35.5. The van der Waals surface area contributed by atoms with Crippen molar-refractivity contribution in [3.8, 4) is 0 Å². The fraction of sp³-hybridized carbons (Fsp3) is 1.00. The van der Waals surface area contributed by atoms with Gasteiger partial charge in [0.1, 0.15) is 0 Å². The van der Waals surface area contributed by atoms with Crippen LogP contribution in [0.25, 0.3) is 0 Å². The molecule has 0 saturated heterocycles. The Kier molecular flexibility index (Phi) is 4.88. The molecule has 1 saturated carbocycles. The lowest BCUT2D eigenvalue weighted by atomic mass is 9.82. The van der Waals surface area contributed by atoms with Gasteiger partial charge in [0.05, 0.1) is 6.10 Å². The van der Waals surface area contributed by atoms with Crippen molar-refractivity contribution in [1.29, 1.82) is 0 Å². The normalized spacial score (nSPS) is 29.5. The third-order valence-corrected chi connectivity index (χ3v) is 1.82. The summed E-state index contributed by atoms with van der Waals surface area (Å²) >= 11 is 0. The number of hydrogen-bond acceptors (Lipinski definition) is 2. The Labute approximate surface area is 70.5 Å². The van der Waals surface area contributed by atoms with Gasteiger partial charge in [-0.25, -0.2) is 0 Å². The van der Waals surface area contributed by atoms with Gasteiger partial charge < -0.3 is 10.5 Å². The summed E-state index contributed by atoms with van der Waals surface area (Å²) in [6.07, 6.45) is 1.15. The van der Waals surface area contributed by atoms with E-state index in [4.69, 9.17) is 5.73 Å². The molecule has 1 rings (SSSR count). The Morgan fingerprint density at radius 1 is 1.45 bits per heavy atom. The molecule has 0 heterocycles. The Bertz CT molecular complexity index is 109. The van der Waals surface area contributed by atoms with Gasteiger partial charge in [-0.3, -0.25) is 0 Å². The molecule has 0 aromatic rings. The zero-order valence-electron chi connectivity index (χ0n) is 6.00. The van der Waals surface area contributed by atoms with Crippen molar-refractivity contribution in [3.05, 3.63) is 0 Å². The summed E-state index contributed by atoms with van der Waals surface area (Å²) in [6, 6.07) is 0. The number of nitrogens with two attached hydrogens (primary N) is 1. The largest absolute Gasteiger partial charge is 0.345 e. The fourth-order valence-corrected chi connectivity index (χ4v) is 1.12. The zero-order valence-corrected chi connectivity index (χ0v) is 6.82. The van der Waals surface area contributed by atoms with Crippen LogP contribution in [0.15, 0.2) is 0 Å². The molecule has 0 aliphatic heterocycles. The zero-order chi connectivity index (χ0) is 7.56. The maximum atomic E-state index is 11.5. The summed E-state index contributed by atoms with van der Waals surface area (Å²) in [5.74, 6) is 0.406. The standard InChI is InChI=1S/C6H11F2NO.ClH/c7-6(8)10-5-1-4(2-5)3-9;/h4-6H,1-3,9H2;1H. The second-order valence-corrected chi connectivity index (χ2v) is 2.59. The van der Waals surface area contributed by atoms with Crippen LogP contribution in [-0.4, -0.2) is 19.3 Å². The van der Waals surface area contributed by atoms with Crippen molar-refractivity contribution in [2.75, 3.05) is 6.54 Å². The molecule has 0 aromatic carbocycles. The summed E-state index contributed by atoms with van der Waals surface area (Å²) in [4.78, 5) is 0. The maximum Gasteiger partial charge on any atom is 0.345 e. The van der Waals surface area contributed by atoms with Crippen LogP contribution >= 0.6 is 12.4 Å². The summed E-state index contributed by atoms with van der Waals surface area (Å²) < 4.78 is 27.2. The van der Waals surface area contributed by atoms with Crippen LogP contribution in [-0.2, 0) is 4.74 Å². The molecule has 0 atom stereocenters. The van der Waals surface area contributed by atoms with Crippen molar-refractivity contribution < 1.29 is 13.5 Å². The van der Waals surface area contributed by atoms with Gasteiger partial charge in [-0.2, -0.15) is 8.78 Å². The first-order valence-corrected chi connectivity index (χ1v) is 3.36. The summed E-state index contributed by atoms with van der Waals surface area (Å²) in [5.41, 5.74) is 5.28. The SMILES string of the molecule is Cl.NCC1CC(OC(F)F)C1. The molecule has 0 aromatic heterocycles. The van der Waals surface area contributed by atoms with Crippen LogP contribution in [0.2, 0.25) is 0 Å². The second-order valence-electron chi connectivity index (χ2n) is 2.59. The van der Waals surface area contributed by atoms with E-state index in [2.05, 4.69) is 4.74 Å². The van der Waals surface area contributed by atoms with E-state index in [1.165, 1.54) is 0 Å². The molecule has 0 spiro atoms. The molecule has 1 fully saturated rings.